The Bertz CT molecular complexity index is 519. The zero-order valence-corrected chi connectivity index (χ0v) is 10.9. The number of benzene rings is 1. The van der Waals surface area contributed by atoms with E-state index in [4.69, 9.17) is 5.11 Å². The van der Waals surface area contributed by atoms with Gasteiger partial charge in [-0.3, -0.25) is 0 Å². The lowest BCUT2D eigenvalue weighted by Gasteiger charge is -2.17. The average Bonchev–Trinajstić information content (AvgIpc) is 2.43. The molecule has 116 valence electrons. The number of rotatable bonds is 4. The molecule has 1 unspecified atom stereocenters. The molecule has 6 nitrogen and oxygen atoms in total. The van der Waals surface area contributed by atoms with E-state index in [9.17, 15) is 22.8 Å². The topological polar surface area (TPSA) is 87.7 Å². The summed E-state index contributed by atoms with van der Waals surface area (Å²) in [6.45, 7) is -0.749. The normalized spacial score (nSPS) is 12.4. The Morgan fingerprint density at radius 1 is 1.33 bits per heavy atom. The van der Waals surface area contributed by atoms with Crippen molar-refractivity contribution in [2.24, 2.45) is 0 Å². The second-order valence-corrected chi connectivity index (χ2v) is 3.90. The lowest BCUT2D eigenvalue weighted by Crippen LogP contribution is -2.46. The number of esters is 1. The highest BCUT2D eigenvalue weighted by Gasteiger charge is 2.33. The Kier molecular flexibility index (Phi) is 5.53. The summed E-state index contributed by atoms with van der Waals surface area (Å²) >= 11 is 0. The van der Waals surface area contributed by atoms with Gasteiger partial charge in [0.05, 0.1) is 25.0 Å². The van der Waals surface area contributed by atoms with Gasteiger partial charge < -0.3 is 20.5 Å². The van der Waals surface area contributed by atoms with Crippen LogP contribution in [0.1, 0.15) is 5.56 Å². The van der Waals surface area contributed by atoms with Crippen molar-refractivity contribution in [3.63, 3.8) is 0 Å². The third-order valence-electron chi connectivity index (χ3n) is 2.45. The van der Waals surface area contributed by atoms with Crippen LogP contribution in [0.2, 0.25) is 0 Å². The molecule has 0 saturated heterocycles. The van der Waals surface area contributed by atoms with E-state index < -0.39 is 42.1 Å². The summed E-state index contributed by atoms with van der Waals surface area (Å²) in [5.41, 5.74) is -1.50. The van der Waals surface area contributed by atoms with Crippen molar-refractivity contribution >= 4 is 17.7 Å². The summed E-state index contributed by atoms with van der Waals surface area (Å²) in [6, 6.07) is 1.92. The third-order valence-corrected chi connectivity index (χ3v) is 2.45. The van der Waals surface area contributed by atoms with E-state index in [0.29, 0.717) is 0 Å². The predicted octanol–water partition coefficient (Wildman–Crippen LogP) is 1.36. The SMILES string of the molecule is COC(=O)C(CO)NC(=O)Nc1ccccc1C(F)(F)F. The Balaban J connectivity index is 2.82. The van der Waals surface area contributed by atoms with Gasteiger partial charge in [-0.2, -0.15) is 13.2 Å². The summed E-state index contributed by atoms with van der Waals surface area (Å²) in [5, 5.41) is 12.9. The first kappa shape index (κ1) is 16.8. The van der Waals surface area contributed by atoms with Crippen LogP contribution in [0.25, 0.3) is 0 Å². The van der Waals surface area contributed by atoms with E-state index in [0.717, 1.165) is 19.2 Å². The Morgan fingerprint density at radius 3 is 2.48 bits per heavy atom. The molecule has 0 aliphatic heterocycles. The van der Waals surface area contributed by atoms with E-state index >= 15 is 0 Å². The van der Waals surface area contributed by atoms with Crippen molar-refractivity contribution in [3.8, 4) is 0 Å². The van der Waals surface area contributed by atoms with Gasteiger partial charge in [0.15, 0.2) is 6.04 Å². The first-order valence-electron chi connectivity index (χ1n) is 5.72. The van der Waals surface area contributed by atoms with Crippen molar-refractivity contribution in [3.05, 3.63) is 29.8 Å². The Morgan fingerprint density at radius 2 is 1.95 bits per heavy atom. The summed E-state index contributed by atoms with van der Waals surface area (Å²) in [6.07, 6.45) is -4.64. The molecule has 0 radical (unpaired) electrons. The third kappa shape index (κ3) is 4.63. The number of aliphatic hydroxyl groups is 1. The summed E-state index contributed by atoms with van der Waals surface area (Å²) in [7, 11) is 1.05. The average molecular weight is 306 g/mol. The molecule has 0 aliphatic carbocycles. The predicted molar refractivity (Wildman–Crippen MR) is 66.5 cm³/mol. The van der Waals surface area contributed by atoms with E-state index in [-0.39, 0.29) is 0 Å². The van der Waals surface area contributed by atoms with Crippen LogP contribution in [-0.4, -0.2) is 36.9 Å². The van der Waals surface area contributed by atoms with Gasteiger partial charge in [0.2, 0.25) is 0 Å². The summed E-state index contributed by atoms with van der Waals surface area (Å²) < 4.78 is 42.5. The maximum atomic E-state index is 12.7. The molecule has 0 bridgehead atoms. The second-order valence-electron chi connectivity index (χ2n) is 3.90. The number of carbonyl (C=O) groups is 2. The van der Waals surface area contributed by atoms with Crippen LogP contribution in [0.5, 0.6) is 0 Å². The van der Waals surface area contributed by atoms with E-state index in [1.165, 1.54) is 12.1 Å². The maximum absolute atomic E-state index is 12.7. The van der Waals surface area contributed by atoms with Gasteiger partial charge in [-0.15, -0.1) is 0 Å². The molecule has 9 heteroatoms. The quantitative estimate of drug-likeness (QED) is 0.733. The highest BCUT2D eigenvalue weighted by molar-refractivity contribution is 5.93. The van der Waals surface area contributed by atoms with Crippen LogP contribution in [0.4, 0.5) is 23.7 Å². The van der Waals surface area contributed by atoms with Gasteiger partial charge in [-0.1, -0.05) is 12.1 Å². The van der Waals surface area contributed by atoms with Crippen molar-refractivity contribution in [2.45, 2.75) is 12.2 Å². The number of halogens is 3. The molecule has 0 saturated carbocycles. The van der Waals surface area contributed by atoms with Crippen LogP contribution in [0, 0.1) is 0 Å². The summed E-state index contributed by atoms with van der Waals surface area (Å²) in [5.74, 6) is -0.920. The molecule has 1 rings (SSSR count). The molecular formula is C12H13F3N2O4. The minimum atomic E-state index is -4.64. The molecule has 1 aromatic rings. The molecule has 0 spiro atoms. The zero-order chi connectivity index (χ0) is 16.0. The molecule has 2 amide bonds. The fraction of sp³-hybridized carbons (Fsp3) is 0.333. The lowest BCUT2D eigenvalue weighted by molar-refractivity contribution is -0.143. The molecule has 0 aliphatic rings. The molecule has 3 N–H and O–H groups in total. The zero-order valence-electron chi connectivity index (χ0n) is 10.9. The first-order chi connectivity index (χ1) is 9.79. The van der Waals surface area contributed by atoms with Crippen molar-refractivity contribution in [2.75, 3.05) is 19.0 Å². The largest absolute Gasteiger partial charge is 0.467 e. The highest BCUT2D eigenvalue weighted by atomic mass is 19.4. The fourth-order valence-electron chi connectivity index (χ4n) is 1.48. The highest BCUT2D eigenvalue weighted by Crippen LogP contribution is 2.34. The van der Waals surface area contributed by atoms with Gasteiger partial charge in [-0.25, -0.2) is 9.59 Å². The number of alkyl halides is 3. The number of anilines is 1. The molecule has 21 heavy (non-hydrogen) atoms. The maximum Gasteiger partial charge on any atom is 0.418 e. The number of carbonyl (C=O) groups excluding carboxylic acids is 2. The van der Waals surface area contributed by atoms with Crippen molar-refractivity contribution in [1.82, 2.24) is 5.32 Å². The minimum Gasteiger partial charge on any atom is -0.467 e. The van der Waals surface area contributed by atoms with Gasteiger partial charge in [-0.05, 0) is 12.1 Å². The van der Waals surface area contributed by atoms with E-state index in [2.05, 4.69) is 4.74 Å². The Hall–Kier alpha value is -2.29. The van der Waals surface area contributed by atoms with Crippen LogP contribution in [-0.2, 0) is 15.7 Å². The van der Waals surface area contributed by atoms with Gasteiger partial charge in [0.25, 0.3) is 0 Å². The van der Waals surface area contributed by atoms with Crippen LogP contribution < -0.4 is 10.6 Å². The number of amides is 2. The Labute approximate surface area is 117 Å². The van der Waals surface area contributed by atoms with Crippen molar-refractivity contribution < 1.29 is 32.6 Å². The van der Waals surface area contributed by atoms with Gasteiger partial charge in [0, 0.05) is 0 Å². The molecule has 1 aromatic carbocycles. The van der Waals surface area contributed by atoms with Crippen LogP contribution in [0.15, 0.2) is 24.3 Å². The molecule has 1 atom stereocenters. The van der Waals surface area contributed by atoms with Gasteiger partial charge in [0.1, 0.15) is 0 Å². The van der Waals surface area contributed by atoms with Crippen LogP contribution in [0.3, 0.4) is 0 Å². The molecular weight excluding hydrogens is 293 g/mol. The number of ether oxygens (including phenoxy) is 1. The number of hydrogen-bond acceptors (Lipinski definition) is 4. The number of nitrogens with one attached hydrogen (secondary N) is 2. The second kappa shape index (κ2) is 6.93. The van der Waals surface area contributed by atoms with E-state index in [1.54, 1.807) is 0 Å². The van der Waals surface area contributed by atoms with E-state index in [1.807, 2.05) is 10.6 Å². The first-order valence-corrected chi connectivity index (χ1v) is 5.72. The molecule has 0 aromatic heterocycles. The monoisotopic (exact) mass is 306 g/mol. The number of methoxy groups -OCH3 is 1. The fourth-order valence-corrected chi connectivity index (χ4v) is 1.48. The van der Waals surface area contributed by atoms with Gasteiger partial charge >= 0.3 is 18.2 Å². The smallest absolute Gasteiger partial charge is 0.418 e. The minimum absolute atomic E-state index is 0.468. The summed E-state index contributed by atoms with van der Waals surface area (Å²) in [4.78, 5) is 22.7. The molecule has 0 fully saturated rings. The lowest BCUT2D eigenvalue weighted by atomic mass is 10.1. The number of urea groups is 1. The number of para-hydroxylation sites is 1. The standard InChI is InChI=1S/C12H13F3N2O4/c1-21-10(19)9(6-18)17-11(20)16-8-5-3-2-4-7(8)12(13,14)15/h2-5,9,18H,6H2,1H3,(H2,16,17,20). The molecule has 0 heterocycles. The number of aliphatic hydroxyl groups excluding tert-OH is 1. The van der Waals surface area contributed by atoms with Crippen LogP contribution >= 0.6 is 0 Å². The van der Waals surface area contributed by atoms with Crippen molar-refractivity contribution in [1.29, 1.82) is 0 Å². The number of hydrogen-bond donors (Lipinski definition) is 3.